The average molecular weight is 543 g/mol. The van der Waals surface area contributed by atoms with Crippen molar-refractivity contribution in [2.24, 2.45) is 16.6 Å². The summed E-state index contributed by atoms with van der Waals surface area (Å²) in [5.74, 6) is 1.90. The molecule has 0 aromatic heterocycles. The van der Waals surface area contributed by atoms with Gasteiger partial charge in [0, 0.05) is 39.3 Å². The van der Waals surface area contributed by atoms with Gasteiger partial charge in [0.05, 0.1) is 0 Å². The van der Waals surface area contributed by atoms with Crippen LogP contribution < -0.4 is 21.1 Å². The van der Waals surface area contributed by atoms with E-state index in [0.29, 0.717) is 18.3 Å². The van der Waals surface area contributed by atoms with Crippen molar-refractivity contribution in [2.75, 3.05) is 33.3 Å². The molecule has 1 saturated carbocycles. The van der Waals surface area contributed by atoms with Crippen molar-refractivity contribution in [3.05, 3.63) is 29.8 Å². The van der Waals surface area contributed by atoms with E-state index in [0.717, 1.165) is 30.3 Å². The number of nitrogens with two attached hydrogens (primary N) is 1. The van der Waals surface area contributed by atoms with E-state index in [-0.39, 0.29) is 30.6 Å². The third-order valence-corrected chi connectivity index (χ3v) is 6.13. The van der Waals surface area contributed by atoms with Crippen LogP contribution in [0.15, 0.2) is 29.3 Å². The summed E-state index contributed by atoms with van der Waals surface area (Å²) < 4.78 is 5.37. The molecule has 2 aliphatic rings. The Morgan fingerprint density at radius 2 is 1.94 bits per heavy atom. The summed E-state index contributed by atoms with van der Waals surface area (Å²) in [6.45, 7) is 4.15. The second kappa shape index (κ2) is 13.8. The summed E-state index contributed by atoms with van der Waals surface area (Å²) >= 11 is 0. The number of halogens is 1. The highest BCUT2D eigenvalue weighted by molar-refractivity contribution is 14.0. The standard InChI is InChI=1S/C23H37N5O2.HI/c1-25-23(26-15-19-8-5-9-21(14-19)30-17-22(24)29)27-20-10-12-28(13-11-20)16-18-6-3-2-4-7-18;/h5,8-9,14,18,20H,2-4,6-7,10-13,15-17H2,1H3,(H2,24,29)(H2,25,26,27);1H. The number of ether oxygens (including phenoxy) is 1. The smallest absolute Gasteiger partial charge is 0.255 e. The first-order chi connectivity index (χ1) is 14.6. The van der Waals surface area contributed by atoms with Gasteiger partial charge >= 0.3 is 0 Å². The number of nitrogens with zero attached hydrogens (tertiary/aromatic N) is 2. The Kier molecular flexibility index (Phi) is 11.4. The molecule has 0 radical (unpaired) electrons. The molecule has 0 atom stereocenters. The van der Waals surface area contributed by atoms with Crippen LogP contribution in [0.3, 0.4) is 0 Å². The van der Waals surface area contributed by atoms with Crippen LogP contribution in [0.4, 0.5) is 0 Å². The quantitative estimate of drug-likeness (QED) is 0.267. The van der Waals surface area contributed by atoms with E-state index in [2.05, 4.69) is 20.5 Å². The molecule has 3 rings (SSSR count). The zero-order valence-corrected chi connectivity index (χ0v) is 21.0. The number of hydrogen-bond acceptors (Lipinski definition) is 4. The minimum Gasteiger partial charge on any atom is -0.484 e. The topological polar surface area (TPSA) is 92.0 Å². The zero-order valence-electron chi connectivity index (χ0n) is 18.6. The lowest BCUT2D eigenvalue weighted by Crippen LogP contribution is -2.49. The van der Waals surface area contributed by atoms with E-state index in [1.165, 1.54) is 51.7 Å². The molecule has 1 saturated heterocycles. The highest BCUT2D eigenvalue weighted by Crippen LogP contribution is 2.25. The molecule has 0 bridgehead atoms. The van der Waals surface area contributed by atoms with Gasteiger partial charge in [0.25, 0.3) is 5.91 Å². The zero-order chi connectivity index (χ0) is 21.2. The molecule has 31 heavy (non-hydrogen) atoms. The van der Waals surface area contributed by atoms with Crippen molar-refractivity contribution in [2.45, 2.75) is 57.5 Å². The normalized spacial score (nSPS) is 18.8. The summed E-state index contributed by atoms with van der Waals surface area (Å²) in [5, 5.41) is 6.95. The monoisotopic (exact) mass is 543 g/mol. The maximum absolute atomic E-state index is 10.9. The Hall–Kier alpha value is -1.55. The van der Waals surface area contributed by atoms with Gasteiger partial charge in [0.15, 0.2) is 12.6 Å². The Balaban J connectivity index is 0.00000341. The molecule has 1 aliphatic heterocycles. The molecule has 1 aliphatic carbocycles. The minimum atomic E-state index is -0.479. The number of likely N-dealkylation sites (tertiary alicyclic amines) is 1. The van der Waals surface area contributed by atoms with Crippen molar-refractivity contribution >= 4 is 35.8 Å². The van der Waals surface area contributed by atoms with Gasteiger partial charge in [-0.05, 0) is 49.3 Å². The fourth-order valence-electron chi connectivity index (χ4n) is 4.47. The van der Waals surface area contributed by atoms with Crippen LogP contribution >= 0.6 is 24.0 Å². The first-order valence-corrected chi connectivity index (χ1v) is 11.3. The molecule has 1 aromatic carbocycles. The number of piperidine rings is 1. The van der Waals surface area contributed by atoms with Crippen molar-refractivity contribution in [3.63, 3.8) is 0 Å². The van der Waals surface area contributed by atoms with Crippen molar-refractivity contribution < 1.29 is 9.53 Å². The predicted octanol–water partition coefficient (Wildman–Crippen LogP) is 2.88. The van der Waals surface area contributed by atoms with Crippen LogP contribution in [0.5, 0.6) is 5.75 Å². The van der Waals surface area contributed by atoms with Crippen LogP contribution in [0.1, 0.15) is 50.5 Å². The molecular weight excluding hydrogens is 505 g/mol. The SMILES string of the molecule is CN=C(NCc1cccc(OCC(N)=O)c1)NC1CCN(CC2CCCCC2)CC1.I. The van der Waals surface area contributed by atoms with Gasteiger partial charge < -0.3 is 26.0 Å². The molecule has 8 heteroatoms. The fraction of sp³-hybridized carbons (Fsp3) is 0.652. The lowest BCUT2D eigenvalue weighted by Gasteiger charge is -2.36. The number of hydrogen-bond donors (Lipinski definition) is 3. The predicted molar refractivity (Wildman–Crippen MR) is 136 cm³/mol. The summed E-state index contributed by atoms with van der Waals surface area (Å²) in [5.41, 5.74) is 6.19. The average Bonchev–Trinajstić information content (AvgIpc) is 2.77. The maximum Gasteiger partial charge on any atom is 0.255 e. The third-order valence-electron chi connectivity index (χ3n) is 6.13. The van der Waals surface area contributed by atoms with Crippen molar-refractivity contribution in [1.29, 1.82) is 0 Å². The van der Waals surface area contributed by atoms with E-state index in [4.69, 9.17) is 10.5 Å². The number of primary amides is 1. The molecule has 1 amide bonds. The molecular formula is C23H38IN5O2. The number of rotatable bonds is 8. The van der Waals surface area contributed by atoms with Gasteiger partial charge in [0.1, 0.15) is 5.75 Å². The molecule has 0 unspecified atom stereocenters. The molecule has 174 valence electrons. The molecule has 7 nitrogen and oxygen atoms in total. The minimum absolute atomic E-state index is 0. The number of nitrogens with one attached hydrogen (secondary N) is 2. The number of benzene rings is 1. The van der Waals surface area contributed by atoms with Gasteiger partial charge in [-0.15, -0.1) is 24.0 Å². The number of guanidine groups is 1. The largest absolute Gasteiger partial charge is 0.484 e. The molecule has 1 aromatic rings. The summed E-state index contributed by atoms with van der Waals surface area (Å²) in [6.07, 6.45) is 9.43. The molecule has 0 spiro atoms. The van der Waals surface area contributed by atoms with Crippen molar-refractivity contribution in [3.8, 4) is 5.75 Å². The molecule has 1 heterocycles. The fourth-order valence-corrected chi connectivity index (χ4v) is 4.47. The van der Waals surface area contributed by atoms with Gasteiger partial charge in [-0.3, -0.25) is 9.79 Å². The lowest BCUT2D eigenvalue weighted by atomic mass is 9.88. The van der Waals surface area contributed by atoms with Crippen LogP contribution in [-0.2, 0) is 11.3 Å². The van der Waals surface area contributed by atoms with Crippen LogP contribution in [0.2, 0.25) is 0 Å². The first-order valence-electron chi connectivity index (χ1n) is 11.3. The Morgan fingerprint density at radius 3 is 2.61 bits per heavy atom. The van der Waals surface area contributed by atoms with Crippen LogP contribution in [0.25, 0.3) is 0 Å². The first kappa shape index (κ1) is 25.7. The van der Waals surface area contributed by atoms with E-state index in [1.807, 2.05) is 24.3 Å². The van der Waals surface area contributed by atoms with Crippen LogP contribution in [-0.4, -0.2) is 56.1 Å². The number of aliphatic imine (C=N–C) groups is 1. The summed E-state index contributed by atoms with van der Waals surface area (Å²) in [6, 6.07) is 8.12. The van der Waals surface area contributed by atoms with E-state index in [9.17, 15) is 4.79 Å². The van der Waals surface area contributed by atoms with E-state index in [1.54, 1.807) is 7.05 Å². The Labute approximate surface area is 203 Å². The number of amides is 1. The maximum atomic E-state index is 10.9. The Bertz CT molecular complexity index is 701. The number of carbonyl (C=O) groups is 1. The van der Waals surface area contributed by atoms with Gasteiger partial charge in [-0.2, -0.15) is 0 Å². The van der Waals surface area contributed by atoms with Gasteiger partial charge in [-0.25, -0.2) is 0 Å². The summed E-state index contributed by atoms with van der Waals surface area (Å²) in [7, 11) is 1.81. The second-order valence-electron chi connectivity index (χ2n) is 8.55. The van der Waals surface area contributed by atoms with Gasteiger partial charge in [0.2, 0.25) is 0 Å². The third kappa shape index (κ3) is 9.22. The highest BCUT2D eigenvalue weighted by atomic mass is 127. The lowest BCUT2D eigenvalue weighted by molar-refractivity contribution is -0.119. The Morgan fingerprint density at radius 1 is 1.19 bits per heavy atom. The van der Waals surface area contributed by atoms with E-state index >= 15 is 0 Å². The number of carbonyl (C=O) groups excluding carboxylic acids is 1. The van der Waals surface area contributed by atoms with Crippen LogP contribution in [0, 0.1) is 5.92 Å². The molecule has 2 fully saturated rings. The highest BCUT2D eigenvalue weighted by Gasteiger charge is 2.23. The van der Waals surface area contributed by atoms with E-state index < -0.39 is 5.91 Å². The van der Waals surface area contributed by atoms with Crippen molar-refractivity contribution in [1.82, 2.24) is 15.5 Å². The van der Waals surface area contributed by atoms with Gasteiger partial charge in [-0.1, -0.05) is 31.4 Å². The summed E-state index contributed by atoms with van der Waals surface area (Å²) in [4.78, 5) is 17.9. The second-order valence-corrected chi connectivity index (χ2v) is 8.55. The molecule has 4 N–H and O–H groups in total.